The molecule has 3 nitrogen and oxygen atoms in total. The van der Waals surface area contributed by atoms with Crippen LogP contribution in [0.25, 0.3) is 0 Å². The van der Waals surface area contributed by atoms with Crippen molar-refractivity contribution in [2.45, 2.75) is 19.5 Å². The monoisotopic (exact) mass is 266 g/mol. The zero-order valence-electron chi connectivity index (χ0n) is 11.4. The first kappa shape index (κ1) is 12.7. The highest BCUT2D eigenvalue weighted by atomic mass is 16.2. The number of nitrogens with one attached hydrogen (secondary N) is 1. The second-order valence-electron chi connectivity index (χ2n) is 5.07. The minimum Gasteiger partial charge on any atom is -0.384 e. The molecule has 3 heteroatoms. The van der Waals surface area contributed by atoms with Gasteiger partial charge in [0.1, 0.15) is 0 Å². The molecule has 0 unspecified atom stereocenters. The summed E-state index contributed by atoms with van der Waals surface area (Å²) in [6.45, 7) is 2.03. The van der Waals surface area contributed by atoms with Crippen LogP contribution in [0.3, 0.4) is 0 Å². The van der Waals surface area contributed by atoms with E-state index in [2.05, 4.69) is 29.6 Å². The highest BCUT2D eigenvalue weighted by molar-refractivity contribution is 5.77. The Morgan fingerprint density at radius 3 is 2.60 bits per heavy atom. The molecule has 3 rings (SSSR count). The summed E-state index contributed by atoms with van der Waals surface area (Å²) in [4.78, 5) is 14.2. The molecule has 0 aliphatic carbocycles. The van der Waals surface area contributed by atoms with Crippen LogP contribution in [-0.2, 0) is 17.9 Å². The molecule has 0 atom stereocenters. The largest absolute Gasteiger partial charge is 0.384 e. The Balaban J connectivity index is 1.84. The lowest BCUT2D eigenvalue weighted by Crippen LogP contribution is -2.33. The minimum absolute atomic E-state index is 0.204. The van der Waals surface area contributed by atoms with Crippen LogP contribution < -0.4 is 5.32 Å². The number of nitrogens with zero attached hydrogens (tertiary/aromatic N) is 1. The number of carbonyl (C=O) groups is 1. The fourth-order valence-electron chi connectivity index (χ4n) is 2.53. The number of rotatable bonds is 2. The van der Waals surface area contributed by atoms with E-state index in [-0.39, 0.29) is 5.91 Å². The van der Waals surface area contributed by atoms with Gasteiger partial charge in [0.15, 0.2) is 0 Å². The standard InChI is InChI=1S/C17H18N2O/c20-17-10-11-18-16-9-5-4-8-15(16)13-19(17)12-14-6-2-1-3-7-14/h1-9,18H,10-13H2. The van der Waals surface area contributed by atoms with Crippen molar-refractivity contribution in [3.63, 3.8) is 0 Å². The highest BCUT2D eigenvalue weighted by Gasteiger charge is 2.18. The average molecular weight is 266 g/mol. The number of anilines is 1. The van der Waals surface area contributed by atoms with E-state index in [1.165, 1.54) is 11.1 Å². The number of amides is 1. The summed E-state index contributed by atoms with van der Waals surface area (Å²) in [5.74, 6) is 0.204. The number of hydrogen-bond acceptors (Lipinski definition) is 2. The van der Waals surface area contributed by atoms with Gasteiger partial charge in [0.2, 0.25) is 5.91 Å². The molecule has 1 heterocycles. The molecule has 0 saturated carbocycles. The van der Waals surface area contributed by atoms with Crippen LogP contribution in [0.1, 0.15) is 17.5 Å². The Morgan fingerprint density at radius 2 is 1.75 bits per heavy atom. The lowest BCUT2D eigenvalue weighted by molar-refractivity contribution is -0.132. The van der Waals surface area contributed by atoms with Gasteiger partial charge in [-0.25, -0.2) is 0 Å². The number of para-hydroxylation sites is 1. The number of fused-ring (bicyclic) bond motifs is 1. The molecule has 1 aliphatic heterocycles. The number of carbonyl (C=O) groups excluding carboxylic acids is 1. The summed E-state index contributed by atoms with van der Waals surface area (Å²) < 4.78 is 0. The fraction of sp³-hybridized carbons (Fsp3) is 0.235. The quantitative estimate of drug-likeness (QED) is 0.906. The molecule has 0 radical (unpaired) electrons. The van der Waals surface area contributed by atoms with Gasteiger partial charge in [-0.1, -0.05) is 48.5 Å². The van der Waals surface area contributed by atoms with E-state index >= 15 is 0 Å². The summed E-state index contributed by atoms with van der Waals surface area (Å²) >= 11 is 0. The Bertz CT molecular complexity index is 595. The van der Waals surface area contributed by atoms with E-state index in [0.29, 0.717) is 26.1 Å². The minimum atomic E-state index is 0.204. The first-order valence-electron chi connectivity index (χ1n) is 6.96. The third-order valence-electron chi connectivity index (χ3n) is 3.60. The van der Waals surface area contributed by atoms with E-state index in [9.17, 15) is 4.79 Å². The summed E-state index contributed by atoms with van der Waals surface area (Å²) in [7, 11) is 0. The third-order valence-corrected chi connectivity index (χ3v) is 3.60. The second kappa shape index (κ2) is 5.78. The van der Waals surface area contributed by atoms with E-state index < -0.39 is 0 Å². The van der Waals surface area contributed by atoms with Gasteiger partial charge in [-0.3, -0.25) is 4.79 Å². The van der Waals surface area contributed by atoms with Crippen molar-refractivity contribution in [3.05, 3.63) is 65.7 Å². The Morgan fingerprint density at radius 1 is 1.00 bits per heavy atom. The first-order valence-corrected chi connectivity index (χ1v) is 6.96. The van der Waals surface area contributed by atoms with Crippen molar-refractivity contribution >= 4 is 11.6 Å². The zero-order valence-corrected chi connectivity index (χ0v) is 11.4. The number of benzene rings is 2. The molecule has 0 bridgehead atoms. The molecule has 1 N–H and O–H groups in total. The first-order chi connectivity index (χ1) is 9.83. The lowest BCUT2D eigenvalue weighted by atomic mass is 10.1. The second-order valence-corrected chi connectivity index (χ2v) is 5.07. The maximum Gasteiger partial charge on any atom is 0.224 e. The van der Waals surface area contributed by atoms with E-state index in [1.54, 1.807) is 0 Å². The predicted molar refractivity (Wildman–Crippen MR) is 80.2 cm³/mol. The van der Waals surface area contributed by atoms with Gasteiger partial charge in [0, 0.05) is 31.7 Å². The van der Waals surface area contributed by atoms with Crippen LogP contribution >= 0.6 is 0 Å². The van der Waals surface area contributed by atoms with Crippen LogP contribution in [0.2, 0.25) is 0 Å². The summed E-state index contributed by atoms with van der Waals surface area (Å²) in [5.41, 5.74) is 3.49. The maximum atomic E-state index is 12.3. The summed E-state index contributed by atoms with van der Waals surface area (Å²) in [5, 5.41) is 3.33. The Kier molecular flexibility index (Phi) is 3.68. The van der Waals surface area contributed by atoms with Crippen molar-refractivity contribution in [1.29, 1.82) is 0 Å². The summed E-state index contributed by atoms with van der Waals surface area (Å²) in [6, 6.07) is 18.4. The normalized spacial score (nSPS) is 15.0. The smallest absolute Gasteiger partial charge is 0.224 e. The van der Waals surface area contributed by atoms with Gasteiger partial charge < -0.3 is 10.2 Å². The lowest BCUT2D eigenvalue weighted by Gasteiger charge is -2.27. The average Bonchev–Trinajstić information content (AvgIpc) is 2.47. The van der Waals surface area contributed by atoms with Gasteiger partial charge >= 0.3 is 0 Å². The van der Waals surface area contributed by atoms with Gasteiger partial charge in [-0.15, -0.1) is 0 Å². The van der Waals surface area contributed by atoms with Crippen LogP contribution in [0, 0.1) is 0 Å². The maximum absolute atomic E-state index is 12.3. The zero-order chi connectivity index (χ0) is 13.8. The van der Waals surface area contributed by atoms with Gasteiger partial charge in [-0.2, -0.15) is 0 Å². The molecule has 2 aromatic carbocycles. The molecule has 1 amide bonds. The SMILES string of the molecule is O=C1CCNc2ccccc2CN1Cc1ccccc1. The van der Waals surface area contributed by atoms with Gasteiger partial charge in [0.25, 0.3) is 0 Å². The van der Waals surface area contributed by atoms with E-state index in [0.717, 1.165) is 5.69 Å². The van der Waals surface area contributed by atoms with Gasteiger partial charge in [-0.05, 0) is 17.2 Å². The van der Waals surface area contributed by atoms with Crippen LogP contribution in [0.4, 0.5) is 5.69 Å². The molecule has 0 spiro atoms. The molecule has 0 saturated heterocycles. The molecule has 20 heavy (non-hydrogen) atoms. The molecule has 102 valence electrons. The Hall–Kier alpha value is -2.29. The van der Waals surface area contributed by atoms with Gasteiger partial charge in [0.05, 0.1) is 0 Å². The van der Waals surface area contributed by atoms with Crippen molar-refractivity contribution in [2.75, 3.05) is 11.9 Å². The molecular formula is C17H18N2O. The fourth-order valence-corrected chi connectivity index (χ4v) is 2.53. The van der Waals surface area contributed by atoms with Crippen molar-refractivity contribution in [1.82, 2.24) is 4.90 Å². The predicted octanol–water partition coefficient (Wildman–Crippen LogP) is 3.03. The highest BCUT2D eigenvalue weighted by Crippen LogP contribution is 2.21. The molecule has 2 aromatic rings. The van der Waals surface area contributed by atoms with Crippen LogP contribution in [0.15, 0.2) is 54.6 Å². The van der Waals surface area contributed by atoms with Crippen LogP contribution in [-0.4, -0.2) is 17.4 Å². The Labute approximate surface area is 119 Å². The third kappa shape index (κ3) is 2.82. The molecule has 0 aromatic heterocycles. The summed E-state index contributed by atoms with van der Waals surface area (Å²) in [6.07, 6.45) is 0.543. The number of hydrogen-bond donors (Lipinski definition) is 1. The van der Waals surface area contributed by atoms with Crippen molar-refractivity contribution < 1.29 is 4.79 Å². The molecule has 1 aliphatic rings. The van der Waals surface area contributed by atoms with E-state index in [1.807, 2.05) is 35.2 Å². The topological polar surface area (TPSA) is 32.3 Å². The van der Waals surface area contributed by atoms with Crippen molar-refractivity contribution in [2.24, 2.45) is 0 Å². The molecular weight excluding hydrogens is 248 g/mol. The molecule has 0 fully saturated rings. The van der Waals surface area contributed by atoms with Crippen LogP contribution in [0.5, 0.6) is 0 Å². The van der Waals surface area contributed by atoms with Crippen molar-refractivity contribution in [3.8, 4) is 0 Å². The van der Waals surface area contributed by atoms with E-state index in [4.69, 9.17) is 0 Å².